The van der Waals surface area contributed by atoms with E-state index in [-0.39, 0.29) is 18.2 Å². The minimum absolute atomic E-state index is 0.00595. The molecule has 0 aromatic carbocycles. The van der Waals surface area contributed by atoms with E-state index in [2.05, 4.69) is 31.3 Å². The number of halogens is 1. The van der Waals surface area contributed by atoms with Crippen LogP contribution in [0.4, 0.5) is 5.82 Å². The molecular formula is C16H15BrN4O4. The van der Waals surface area contributed by atoms with Gasteiger partial charge in [0.1, 0.15) is 12.4 Å². The third-order valence-corrected chi connectivity index (χ3v) is 3.87. The molecule has 130 valence electrons. The fraction of sp³-hybridized carbons (Fsp3) is 0.250. The summed E-state index contributed by atoms with van der Waals surface area (Å²) >= 11 is 3.16. The molecule has 0 radical (unpaired) electrons. The van der Waals surface area contributed by atoms with Gasteiger partial charge in [-0.15, -0.1) is 5.10 Å². The Morgan fingerprint density at radius 2 is 2.08 bits per heavy atom. The highest BCUT2D eigenvalue weighted by Gasteiger charge is 2.16. The van der Waals surface area contributed by atoms with E-state index in [9.17, 15) is 9.59 Å². The lowest BCUT2D eigenvalue weighted by Crippen LogP contribution is -2.26. The van der Waals surface area contributed by atoms with Crippen LogP contribution in [0, 0.1) is 6.92 Å². The van der Waals surface area contributed by atoms with Gasteiger partial charge in [0, 0.05) is 5.69 Å². The molecule has 1 amide bonds. The first-order valence-electron chi connectivity index (χ1n) is 7.56. The average Bonchev–Trinajstić information content (AvgIpc) is 3.14. The Hall–Kier alpha value is -2.68. The van der Waals surface area contributed by atoms with Crippen molar-refractivity contribution in [2.75, 3.05) is 5.32 Å². The molecule has 8 nitrogen and oxygen atoms in total. The second kappa shape index (κ2) is 7.06. The molecule has 3 aromatic heterocycles. The van der Waals surface area contributed by atoms with Crippen molar-refractivity contribution in [3.63, 3.8) is 0 Å². The number of pyridine rings is 1. The normalized spacial score (nSPS) is 10.8. The van der Waals surface area contributed by atoms with E-state index in [1.54, 1.807) is 12.1 Å². The second-order valence-corrected chi connectivity index (χ2v) is 6.08. The van der Waals surface area contributed by atoms with E-state index in [0.717, 1.165) is 22.4 Å². The zero-order valence-corrected chi connectivity index (χ0v) is 15.2. The number of carbonyl (C=O) groups is 1. The van der Waals surface area contributed by atoms with E-state index < -0.39 is 11.7 Å². The lowest BCUT2D eigenvalue weighted by Gasteiger charge is -2.09. The third-order valence-electron chi connectivity index (χ3n) is 3.44. The minimum atomic E-state index is -0.745. The topological polar surface area (TPSA) is 103 Å². The Bertz CT molecular complexity index is 973. The van der Waals surface area contributed by atoms with Crippen LogP contribution in [0.2, 0.25) is 0 Å². The SMILES string of the molecule is CCc1ccc(C)nc1NC(=O)Cn1nc(-c2ccc(Br)o2)oc1=O. The summed E-state index contributed by atoms with van der Waals surface area (Å²) in [6, 6.07) is 7.04. The number of nitrogens with zero attached hydrogens (tertiary/aromatic N) is 3. The van der Waals surface area contributed by atoms with Gasteiger partial charge in [-0.3, -0.25) is 4.79 Å². The molecule has 0 spiro atoms. The summed E-state index contributed by atoms with van der Waals surface area (Å²) in [6.45, 7) is 3.52. The Balaban J connectivity index is 1.77. The summed E-state index contributed by atoms with van der Waals surface area (Å²) in [4.78, 5) is 28.4. The van der Waals surface area contributed by atoms with Crippen molar-refractivity contribution in [1.29, 1.82) is 0 Å². The predicted molar refractivity (Wildman–Crippen MR) is 93.1 cm³/mol. The van der Waals surface area contributed by atoms with Crippen LogP contribution in [-0.2, 0) is 17.8 Å². The lowest BCUT2D eigenvalue weighted by atomic mass is 10.2. The van der Waals surface area contributed by atoms with Gasteiger partial charge in [0.25, 0.3) is 5.89 Å². The first-order valence-corrected chi connectivity index (χ1v) is 8.35. The van der Waals surface area contributed by atoms with Gasteiger partial charge < -0.3 is 14.2 Å². The summed E-state index contributed by atoms with van der Waals surface area (Å²) in [7, 11) is 0. The molecule has 0 unspecified atom stereocenters. The first kappa shape index (κ1) is 17.2. The Morgan fingerprint density at radius 3 is 2.76 bits per heavy atom. The van der Waals surface area contributed by atoms with E-state index in [0.29, 0.717) is 10.5 Å². The van der Waals surface area contributed by atoms with Crippen LogP contribution in [0.3, 0.4) is 0 Å². The first-order chi connectivity index (χ1) is 12.0. The number of anilines is 1. The van der Waals surface area contributed by atoms with Gasteiger partial charge in [0.2, 0.25) is 5.91 Å². The monoisotopic (exact) mass is 406 g/mol. The maximum Gasteiger partial charge on any atom is 0.437 e. The molecule has 0 saturated carbocycles. The summed E-state index contributed by atoms with van der Waals surface area (Å²) < 4.78 is 11.7. The van der Waals surface area contributed by atoms with Crippen molar-refractivity contribution >= 4 is 27.7 Å². The van der Waals surface area contributed by atoms with Crippen LogP contribution in [-0.4, -0.2) is 20.7 Å². The molecule has 0 aliphatic heterocycles. The maximum absolute atomic E-state index is 12.2. The van der Waals surface area contributed by atoms with Crippen LogP contribution in [0.25, 0.3) is 11.7 Å². The van der Waals surface area contributed by atoms with Gasteiger partial charge in [-0.1, -0.05) is 13.0 Å². The number of furan rings is 1. The summed E-state index contributed by atoms with van der Waals surface area (Å²) in [5.41, 5.74) is 1.70. The highest BCUT2D eigenvalue weighted by molar-refractivity contribution is 9.10. The number of hydrogen-bond donors (Lipinski definition) is 1. The van der Waals surface area contributed by atoms with Crippen LogP contribution in [0.1, 0.15) is 18.2 Å². The number of rotatable bonds is 5. The quantitative estimate of drug-likeness (QED) is 0.698. The van der Waals surface area contributed by atoms with Gasteiger partial charge >= 0.3 is 5.76 Å². The molecule has 3 aromatic rings. The lowest BCUT2D eigenvalue weighted by molar-refractivity contribution is -0.117. The second-order valence-electron chi connectivity index (χ2n) is 5.30. The Kier molecular flexibility index (Phi) is 4.84. The summed E-state index contributed by atoms with van der Waals surface area (Å²) in [6.07, 6.45) is 0.727. The largest absolute Gasteiger partial charge is 0.444 e. The van der Waals surface area contributed by atoms with Crippen molar-refractivity contribution in [1.82, 2.24) is 14.8 Å². The van der Waals surface area contributed by atoms with Crippen LogP contribution >= 0.6 is 15.9 Å². The number of aryl methyl sites for hydroxylation is 2. The zero-order valence-electron chi connectivity index (χ0n) is 13.6. The molecule has 3 heterocycles. The molecule has 3 rings (SSSR count). The van der Waals surface area contributed by atoms with Crippen molar-refractivity contribution in [2.45, 2.75) is 26.8 Å². The zero-order chi connectivity index (χ0) is 18.0. The Labute approximate surface area is 151 Å². The summed E-state index contributed by atoms with van der Waals surface area (Å²) in [5, 5.41) is 6.69. The average molecular weight is 407 g/mol. The molecule has 9 heteroatoms. The van der Waals surface area contributed by atoms with Crippen molar-refractivity contribution in [2.24, 2.45) is 0 Å². The van der Waals surface area contributed by atoms with E-state index in [1.807, 2.05) is 26.0 Å². The predicted octanol–water partition coefficient (Wildman–Crippen LogP) is 2.76. The maximum atomic E-state index is 12.2. The van der Waals surface area contributed by atoms with E-state index in [1.165, 1.54) is 0 Å². The van der Waals surface area contributed by atoms with Gasteiger partial charge in [-0.05, 0) is 53.0 Å². The van der Waals surface area contributed by atoms with E-state index in [4.69, 9.17) is 8.83 Å². The Morgan fingerprint density at radius 1 is 1.28 bits per heavy atom. The molecular weight excluding hydrogens is 392 g/mol. The number of carbonyl (C=O) groups excluding carboxylic acids is 1. The standard InChI is InChI=1S/C16H15BrN4O4/c1-3-10-5-4-9(2)18-14(10)19-13(22)8-21-16(23)25-15(20-21)11-6-7-12(17)24-11/h4-7H,3,8H2,1-2H3,(H,18,19,22). The van der Waals surface area contributed by atoms with Crippen molar-refractivity contribution in [3.05, 3.63) is 50.7 Å². The summed E-state index contributed by atoms with van der Waals surface area (Å²) in [5.74, 6) is -0.386. The van der Waals surface area contributed by atoms with Crippen LogP contribution in [0.5, 0.6) is 0 Å². The van der Waals surface area contributed by atoms with Crippen molar-refractivity contribution in [3.8, 4) is 11.7 Å². The molecule has 0 fully saturated rings. The highest BCUT2D eigenvalue weighted by Crippen LogP contribution is 2.22. The van der Waals surface area contributed by atoms with Gasteiger partial charge in [-0.2, -0.15) is 4.68 Å². The molecule has 25 heavy (non-hydrogen) atoms. The number of hydrogen-bond acceptors (Lipinski definition) is 6. The molecule has 0 aliphatic carbocycles. The fourth-order valence-corrected chi connectivity index (χ4v) is 2.53. The number of aromatic nitrogens is 3. The molecule has 1 N–H and O–H groups in total. The van der Waals surface area contributed by atoms with Crippen LogP contribution < -0.4 is 11.1 Å². The van der Waals surface area contributed by atoms with Crippen molar-refractivity contribution < 1.29 is 13.6 Å². The fourth-order valence-electron chi connectivity index (χ4n) is 2.22. The van der Waals surface area contributed by atoms with Gasteiger partial charge in [0.05, 0.1) is 0 Å². The third kappa shape index (κ3) is 3.87. The number of amides is 1. The highest BCUT2D eigenvalue weighted by atomic mass is 79.9. The smallest absolute Gasteiger partial charge is 0.437 e. The van der Waals surface area contributed by atoms with Gasteiger partial charge in [0.15, 0.2) is 10.4 Å². The molecule has 0 bridgehead atoms. The van der Waals surface area contributed by atoms with Crippen LogP contribution in [0.15, 0.2) is 42.6 Å². The minimum Gasteiger partial charge on any atom is -0.444 e. The van der Waals surface area contributed by atoms with Gasteiger partial charge in [-0.25, -0.2) is 9.78 Å². The molecule has 0 aliphatic rings. The number of nitrogens with one attached hydrogen (secondary N) is 1. The molecule has 0 saturated heterocycles. The molecule has 0 atom stereocenters. The van der Waals surface area contributed by atoms with E-state index >= 15 is 0 Å².